The molecule has 3 atom stereocenters. The van der Waals surface area contributed by atoms with Crippen LogP contribution in [0.2, 0.25) is 0 Å². The van der Waals surface area contributed by atoms with Gasteiger partial charge in [-0.05, 0) is 44.4 Å². The number of halogens is 3. The van der Waals surface area contributed by atoms with Crippen molar-refractivity contribution in [1.29, 1.82) is 0 Å². The van der Waals surface area contributed by atoms with Crippen LogP contribution in [-0.2, 0) is 9.53 Å². The number of esters is 1. The molecule has 0 bridgehead atoms. The Morgan fingerprint density at radius 3 is 2.33 bits per heavy atom. The van der Waals surface area contributed by atoms with Crippen molar-refractivity contribution in [1.82, 2.24) is 0 Å². The van der Waals surface area contributed by atoms with Crippen LogP contribution in [0, 0.1) is 17.8 Å². The van der Waals surface area contributed by atoms with Gasteiger partial charge in [0.1, 0.15) is 6.10 Å². The minimum atomic E-state index is -4.17. The van der Waals surface area contributed by atoms with E-state index in [4.69, 9.17) is 4.74 Å². The summed E-state index contributed by atoms with van der Waals surface area (Å²) < 4.78 is 43.7. The lowest BCUT2D eigenvalue weighted by Crippen LogP contribution is -2.35. The van der Waals surface area contributed by atoms with Crippen LogP contribution in [0.5, 0.6) is 0 Å². The van der Waals surface area contributed by atoms with Crippen molar-refractivity contribution < 1.29 is 22.7 Å². The van der Waals surface area contributed by atoms with Gasteiger partial charge in [0.15, 0.2) is 0 Å². The van der Waals surface area contributed by atoms with Gasteiger partial charge in [-0.15, -0.1) is 0 Å². The molecule has 0 aliphatic heterocycles. The van der Waals surface area contributed by atoms with E-state index in [0.717, 1.165) is 25.7 Å². The van der Waals surface area contributed by atoms with E-state index in [9.17, 15) is 18.0 Å². The van der Waals surface area contributed by atoms with Gasteiger partial charge in [0, 0.05) is 0 Å². The Morgan fingerprint density at radius 2 is 1.71 bits per heavy atom. The smallest absolute Gasteiger partial charge is 0.391 e. The molecule has 5 heteroatoms. The third-order valence-corrected chi connectivity index (χ3v) is 5.10. The van der Waals surface area contributed by atoms with Crippen LogP contribution in [0.25, 0.3) is 0 Å². The average molecular weight is 306 g/mol. The minimum Gasteiger partial charge on any atom is -0.462 e. The summed E-state index contributed by atoms with van der Waals surface area (Å²) >= 11 is 0. The van der Waals surface area contributed by atoms with Crippen molar-refractivity contribution in [3.8, 4) is 0 Å². The molecule has 0 amide bonds. The zero-order chi connectivity index (χ0) is 15.5. The Balaban J connectivity index is 1.84. The van der Waals surface area contributed by atoms with Crippen molar-refractivity contribution in [3.63, 3.8) is 0 Å². The molecule has 1 unspecified atom stereocenters. The molecule has 2 rings (SSSR count). The molecule has 0 radical (unpaired) electrons. The number of hydrogen-bond acceptors (Lipinski definition) is 2. The standard InChI is InChI=1S/C16H25F3O2/c1-11(12-6-3-2-4-7-12)15(20)21-14-9-5-8-13(10-14)16(17,18)19/h11-14H,2-10H2,1H3/t11-,13-,14?/m1/s1. The molecular weight excluding hydrogens is 281 g/mol. The summed E-state index contributed by atoms with van der Waals surface area (Å²) in [4.78, 5) is 12.2. The van der Waals surface area contributed by atoms with E-state index in [1.807, 2.05) is 6.92 Å². The fourth-order valence-corrected chi connectivity index (χ4v) is 3.65. The van der Waals surface area contributed by atoms with Crippen LogP contribution >= 0.6 is 0 Å². The molecule has 2 saturated carbocycles. The van der Waals surface area contributed by atoms with Crippen molar-refractivity contribution >= 4 is 5.97 Å². The minimum absolute atomic E-state index is 0.0629. The second-order valence-electron chi connectivity index (χ2n) is 6.65. The molecule has 0 N–H and O–H groups in total. The Bertz CT molecular complexity index is 348. The van der Waals surface area contributed by atoms with Crippen molar-refractivity contribution in [2.45, 2.75) is 77.0 Å². The predicted octanol–water partition coefficient (Wildman–Crippen LogP) is 4.87. The molecular formula is C16H25F3O2. The monoisotopic (exact) mass is 306 g/mol. The van der Waals surface area contributed by atoms with Crippen molar-refractivity contribution in [2.75, 3.05) is 0 Å². The van der Waals surface area contributed by atoms with E-state index in [1.165, 1.54) is 6.42 Å². The van der Waals surface area contributed by atoms with Gasteiger partial charge in [-0.3, -0.25) is 4.79 Å². The highest BCUT2D eigenvalue weighted by molar-refractivity contribution is 5.72. The molecule has 0 heterocycles. The molecule has 21 heavy (non-hydrogen) atoms. The number of hydrogen-bond donors (Lipinski definition) is 0. The lowest BCUT2D eigenvalue weighted by molar-refractivity contribution is -0.196. The quantitative estimate of drug-likeness (QED) is 0.696. The van der Waals surface area contributed by atoms with Gasteiger partial charge in [-0.2, -0.15) is 13.2 Å². The number of ether oxygens (including phenoxy) is 1. The topological polar surface area (TPSA) is 26.3 Å². The first-order chi connectivity index (χ1) is 9.88. The summed E-state index contributed by atoms with van der Waals surface area (Å²) in [6.07, 6.45) is 2.00. The maximum absolute atomic E-state index is 12.8. The number of carbonyl (C=O) groups is 1. The van der Waals surface area contributed by atoms with Gasteiger partial charge in [0.05, 0.1) is 11.8 Å². The fraction of sp³-hybridized carbons (Fsp3) is 0.938. The predicted molar refractivity (Wildman–Crippen MR) is 73.6 cm³/mol. The van der Waals surface area contributed by atoms with Crippen LogP contribution in [0.4, 0.5) is 13.2 Å². The largest absolute Gasteiger partial charge is 0.462 e. The van der Waals surface area contributed by atoms with Crippen LogP contribution in [0.15, 0.2) is 0 Å². The lowest BCUT2D eigenvalue weighted by Gasteiger charge is -2.32. The number of carbonyl (C=O) groups excluding carboxylic acids is 1. The van der Waals surface area contributed by atoms with Crippen molar-refractivity contribution in [3.05, 3.63) is 0 Å². The van der Waals surface area contributed by atoms with Gasteiger partial charge in [-0.25, -0.2) is 0 Å². The third-order valence-electron chi connectivity index (χ3n) is 5.10. The van der Waals surface area contributed by atoms with Gasteiger partial charge in [-0.1, -0.05) is 26.2 Å². The zero-order valence-corrected chi connectivity index (χ0v) is 12.6. The van der Waals surface area contributed by atoms with E-state index < -0.39 is 18.2 Å². The summed E-state index contributed by atoms with van der Waals surface area (Å²) in [6.45, 7) is 1.86. The van der Waals surface area contributed by atoms with Gasteiger partial charge >= 0.3 is 12.1 Å². The molecule has 2 fully saturated rings. The molecule has 0 aromatic carbocycles. The fourth-order valence-electron chi connectivity index (χ4n) is 3.65. The zero-order valence-electron chi connectivity index (χ0n) is 12.6. The lowest BCUT2D eigenvalue weighted by atomic mass is 9.81. The Kier molecular flexibility index (Phi) is 5.55. The Morgan fingerprint density at radius 1 is 1.05 bits per heavy atom. The number of rotatable bonds is 3. The Hall–Kier alpha value is -0.740. The first kappa shape index (κ1) is 16.6. The number of alkyl halides is 3. The van der Waals surface area contributed by atoms with E-state index in [1.54, 1.807) is 0 Å². The summed E-state index contributed by atoms with van der Waals surface area (Å²) in [6, 6.07) is 0. The van der Waals surface area contributed by atoms with Gasteiger partial charge in [0.25, 0.3) is 0 Å². The summed E-state index contributed by atoms with van der Waals surface area (Å²) in [5.41, 5.74) is 0. The first-order valence-electron chi connectivity index (χ1n) is 8.15. The van der Waals surface area contributed by atoms with E-state index in [2.05, 4.69) is 0 Å². The molecule has 2 aliphatic carbocycles. The normalized spacial score (nSPS) is 29.9. The molecule has 2 aliphatic rings. The molecule has 0 aromatic rings. The maximum Gasteiger partial charge on any atom is 0.391 e. The average Bonchev–Trinajstić information content (AvgIpc) is 2.47. The van der Waals surface area contributed by atoms with E-state index in [-0.39, 0.29) is 24.7 Å². The Labute approximate surface area is 124 Å². The van der Waals surface area contributed by atoms with Gasteiger partial charge < -0.3 is 4.74 Å². The van der Waals surface area contributed by atoms with E-state index in [0.29, 0.717) is 18.8 Å². The molecule has 2 nitrogen and oxygen atoms in total. The van der Waals surface area contributed by atoms with Crippen LogP contribution < -0.4 is 0 Å². The van der Waals surface area contributed by atoms with Crippen molar-refractivity contribution in [2.24, 2.45) is 17.8 Å². The van der Waals surface area contributed by atoms with Crippen LogP contribution in [0.1, 0.15) is 64.7 Å². The first-order valence-corrected chi connectivity index (χ1v) is 8.15. The highest BCUT2D eigenvalue weighted by Gasteiger charge is 2.43. The highest BCUT2D eigenvalue weighted by Crippen LogP contribution is 2.39. The van der Waals surface area contributed by atoms with Gasteiger partial charge in [0.2, 0.25) is 0 Å². The summed E-state index contributed by atoms with van der Waals surface area (Å²) in [5, 5.41) is 0. The van der Waals surface area contributed by atoms with E-state index >= 15 is 0 Å². The maximum atomic E-state index is 12.8. The summed E-state index contributed by atoms with van der Waals surface area (Å²) in [5.74, 6) is -1.45. The van der Waals surface area contributed by atoms with Crippen LogP contribution in [0.3, 0.4) is 0 Å². The molecule has 0 aromatic heterocycles. The molecule has 122 valence electrons. The summed E-state index contributed by atoms with van der Waals surface area (Å²) in [7, 11) is 0. The second-order valence-corrected chi connectivity index (χ2v) is 6.65. The highest BCUT2D eigenvalue weighted by atomic mass is 19.4. The SMILES string of the molecule is C[C@@H](C(=O)OC1CCC[C@@H](C(F)(F)F)C1)C1CCCCC1. The third kappa shape index (κ3) is 4.62. The molecule has 0 saturated heterocycles. The molecule has 0 spiro atoms. The second kappa shape index (κ2) is 7.01. The van der Waals surface area contributed by atoms with Crippen LogP contribution in [-0.4, -0.2) is 18.2 Å².